The van der Waals surface area contributed by atoms with Crippen LogP contribution in [0.4, 0.5) is 0 Å². The summed E-state index contributed by atoms with van der Waals surface area (Å²) >= 11 is 0. The third-order valence-electron chi connectivity index (χ3n) is 6.46. The predicted molar refractivity (Wildman–Crippen MR) is 118 cm³/mol. The van der Waals surface area contributed by atoms with E-state index in [1.807, 2.05) is 36.4 Å². The standard InChI is InChI=1S/C26H32O6/c1-2-14-27-15-13-20-21-23(28-16-18-9-5-3-6-10-18)25-24(22(20)31-26(30-21)32-25)29-17-19-11-7-4-8-12-19/h3-12,20-26H,2,13-17H2,1H3/t20?,21-,22?,23?,24?,25?,26?/m0/s1. The van der Waals surface area contributed by atoms with Crippen LogP contribution >= 0.6 is 0 Å². The van der Waals surface area contributed by atoms with Crippen LogP contribution in [0.25, 0.3) is 0 Å². The first-order valence-corrected chi connectivity index (χ1v) is 11.7. The molecule has 1 aliphatic carbocycles. The monoisotopic (exact) mass is 440 g/mol. The van der Waals surface area contributed by atoms with Gasteiger partial charge in [0.05, 0.1) is 25.4 Å². The molecular formula is C26H32O6. The van der Waals surface area contributed by atoms with E-state index in [-0.39, 0.29) is 36.4 Å². The highest BCUT2D eigenvalue weighted by molar-refractivity contribution is 5.15. The molecule has 3 heterocycles. The van der Waals surface area contributed by atoms with Crippen molar-refractivity contribution in [2.75, 3.05) is 13.2 Å². The maximum atomic E-state index is 6.42. The molecule has 3 saturated heterocycles. The van der Waals surface area contributed by atoms with Crippen LogP contribution in [-0.2, 0) is 41.6 Å². The molecule has 6 rings (SSSR count). The SMILES string of the molecule is CCCOCCC1C2OC3OC(C2OCc2ccccc2)C(OCc2ccccc2)[C@H]1O3. The van der Waals surface area contributed by atoms with E-state index in [1.54, 1.807) is 0 Å². The molecule has 6 heteroatoms. The van der Waals surface area contributed by atoms with Gasteiger partial charge in [0.2, 0.25) is 0 Å². The van der Waals surface area contributed by atoms with Crippen molar-refractivity contribution in [3.05, 3.63) is 71.8 Å². The Labute approximate surface area is 189 Å². The molecule has 0 spiro atoms. The van der Waals surface area contributed by atoms with Crippen molar-refractivity contribution in [2.45, 2.75) is 70.0 Å². The molecule has 6 nitrogen and oxygen atoms in total. The summed E-state index contributed by atoms with van der Waals surface area (Å²) in [7, 11) is 0. The van der Waals surface area contributed by atoms with Crippen LogP contribution < -0.4 is 0 Å². The third kappa shape index (κ3) is 4.76. The Morgan fingerprint density at radius 2 is 1.22 bits per heavy atom. The van der Waals surface area contributed by atoms with Crippen molar-refractivity contribution < 1.29 is 28.4 Å². The summed E-state index contributed by atoms with van der Waals surface area (Å²) in [4.78, 5) is 0. The van der Waals surface area contributed by atoms with Gasteiger partial charge >= 0.3 is 0 Å². The molecule has 4 fully saturated rings. The number of hydrogen-bond acceptors (Lipinski definition) is 6. The van der Waals surface area contributed by atoms with E-state index in [4.69, 9.17) is 28.4 Å². The zero-order valence-electron chi connectivity index (χ0n) is 18.5. The first kappa shape index (κ1) is 22.0. The van der Waals surface area contributed by atoms with Gasteiger partial charge in [-0.3, -0.25) is 0 Å². The lowest BCUT2D eigenvalue weighted by atomic mass is 9.75. The molecule has 4 bridgehead atoms. The van der Waals surface area contributed by atoms with Crippen LogP contribution in [0.2, 0.25) is 0 Å². The van der Waals surface area contributed by atoms with Gasteiger partial charge < -0.3 is 28.4 Å². The Kier molecular flexibility index (Phi) is 7.17. The number of benzene rings is 2. The van der Waals surface area contributed by atoms with Gasteiger partial charge in [0.15, 0.2) is 0 Å². The first-order chi connectivity index (χ1) is 15.8. The van der Waals surface area contributed by atoms with Gasteiger partial charge in [-0.2, -0.15) is 0 Å². The van der Waals surface area contributed by atoms with Crippen molar-refractivity contribution >= 4 is 0 Å². The molecule has 0 radical (unpaired) electrons. The van der Waals surface area contributed by atoms with E-state index in [9.17, 15) is 0 Å². The summed E-state index contributed by atoms with van der Waals surface area (Å²) in [5, 5.41) is 0. The molecule has 2 aromatic rings. The van der Waals surface area contributed by atoms with Crippen LogP contribution in [0, 0.1) is 5.92 Å². The van der Waals surface area contributed by atoms with E-state index in [2.05, 4.69) is 31.2 Å². The van der Waals surface area contributed by atoms with Gasteiger partial charge in [-0.15, -0.1) is 0 Å². The highest BCUT2D eigenvalue weighted by Crippen LogP contribution is 2.46. The second-order valence-electron chi connectivity index (χ2n) is 8.68. The first-order valence-electron chi connectivity index (χ1n) is 11.7. The number of hydrogen-bond donors (Lipinski definition) is 0. The van der Waals surface area contributed by atoms with Crippen LogP contribution in [0.5, 0.6) is 0 Å². The van der Waals surface area contributed by atoms with Gasteiger partial charge in [0.25, 0.3) is 6.48 Å². The fourth-order valence-electron chi connectivity index (χ4n) is 4.93. The largest absolute Gasteiger partial charge is 0.381 e. The molecule has 0 amide bonds. The molecule has 7 atom stereocenters. The van der Waals surface area contributed by atoms with Gasteiger partial charge in [-0.05, 0) is 24.0 Å². The van der Waals surface area contributed by atoms with E-state index in [0.29, 0.717) is 19.8 Å². The smallest absolute Gasteiger partial charge is 0.272 e. The Morgan fingerprint density at radius 1 is 0.688 bits per heavy atom. The van der Waals surface area contributed by atoms with E-state index >= 15 is 0 Å². The summed E-state index contributed by atoms with van der Waals surface area (Å²) in [5.74, 6) is 0.129. The zero-order valence-corrected chi connectivity index (χ0v) is 18.5. The molecular weight excluding hydrogens is 408 g/mol. The predicted octanol–water partition coefficient (Wildman–Crippen LogP) is 4.07. The van der Waals surface area contributed by atoms with Crippen molar-refractivity contribution in [1.82, 2.24) is 0 Å². The number of rotatable bonds is 11. The normalized spacial score (nSPS) is 33.0. The zero-order chi connectivity index (χ0) is 21.8. The fourth-order valence-corrected chi connectivity index (χ4v) is 4.93. The second-order valence-corrected chi connectivity index (χ2v) is 8.68. The summed E-state index contributed by atoms with van der Waals surface area (Å²) in [6.07, 6.45) is 0.995. The minimum atomic E-state index is -0.643. The van der Waals surface area contributed by atoms with Crippen LogP contribution in [0.1, 0.15) is 30.9 Å². The summed E-state index contributed by atoms with van der Waals surface area (Å²) in [6, 6.07) is 20.4. The lowest BCUT2D eigenvalue weighted by molar-refractivity contribution is -0.484. The molecule has 6 unspecified atom stereocenters. The minimum absolute atomic E-state index is 0.0944. The van der Waals surface area contributed by atoms with Gasteiger partial charge in [0, 0.05) is 19.1 Å². The van der Waals surface area contributed by atoms with Crippen molar-refractivity contribution in [1.29, 1.82) is 0 Å². The lowest BCUT2D eigenvalue weighted by Crippen LogP contribution is -2.73. The fraction of sp³-hybridized carbons (Fsp3) is 0.538. The Balaban J connectivity index is 1.32. The molecule has 3 aliphatic heterocycles. The Bertz CT molecular complexity index is 769. The van der Waals surface area contributed by atoms with Crippen molar-refractivity contribution in [2.24, 2.45) is 5.92 Å². The average Bonchev–Trinajstić information content (AvgIpc) is 2.83. The summed E-state index contributed by atoms with van der Waals surface area (Å²) in [6.45, 7) is 3.92. The Hall–Kier alpha value is -1.80. The highest BCUT2D eigenvalue weighted by atomic mass is 16.9. The van der Waals surface area contributed by atoms with Gasteiger partial charge in [-0.25, -0.2) is 0 Å². The average molecular weight is 441 g/mol. The number of ether oxygens (including phenoxy) is 6. The molecule has 2 aromatic carbocycles. The topological polar surface area (TPSA) is 55.4 Å². The molecule has 32 heavy (non-hydrogen) atoms. The van der Waals surface area contributed by atoms with Crippen molar-refractivity contribution in [3.8, 4) is 0 Å². The summed E-state index contributed by atoms with van der Waals surface area (Å²) < 4.78 is 37.0. The Morgan fingerprint density at radius 3 is 1.75 bits per heavy atom. The second kappa shape index (κ2) is 10.4. The van der Waals surface area contributed by atoms with E-state index in [0.717, 1.165) is 30.6 Å². The molecule has 172 valence electrons. The maximum Gasteiger partial charge on any atom is 0.272 e. The maximum absolute atomic E-state index is 6.42. The minimum Gasteiger partial charge on any atom is -0.381 e. The summed E-state index contributed by atoms with van der Waals surface area (Å²) in [5.41, 5.74) is 2.25. The lowest BCUT2D eigenvalue weighted by Gasteiger charge is -2.59. The molecule has 4 aliphatic rings. The molecule has 0 N–H and O–H groups in total. The van der Waals surface area contributed by atoms with E-state index in [1.165, 1.54) is 0 Å². The molecule has 0 aromatic heterocycles. The van der Waals surface area contributed by atoms with Crippen LogP contribution in [0.15, 0.2) is 60.7 Å². The van der Waals surface area contributed by atoms with Gasteiger partial charge in [0.1, 0.15) is 18.3 Å². The van der Waals surface area contributed by atoms with Crippen LogP contribution in [-0.4, -0.2) is 50.2 Å². The quantitative estimate of drug-likeness (QED) is 0.491. The molecule has 1 saturated carbocycles. The van der Waals surface area contributed by atoms with Crippen LogP contribution in [0.3, 0.4) is 0 Å². The van der Waals surface area contributed by atoms with Gasteiger partial charge in [-0.1, -0.05) is 67.6 Å². The van der Waals surface area contributed by atoms with E-state index < -0.39 is 6.48 Å². The third-order valence-corrected chi connectivity index (χ3v) is 6.46. The highest BCUT2D eigenvalue weighted by Gasteiger charge is 2.62. The van der Waals surface area contributed by atoms with Crippen molar-refractivity contribution in [3.63, 3.8) is 0 Å².